The first kappa shape index (κ1) is 16.3. The third-order valence-electron chi connectivity index (χ3n) is 5.88. The van der Waals surface area contributed by atoms with Crippen molar-refractivity contribution in [1.29, 1.82) is 0 Å². The second-order valence-electron chi connectivity index (χ2n) is 7.75. The van der Waals surface area contributed by atoms with Crippen LogP contribution in [0.2, 0.25) is 0 Å². The molecule has 8 nitrogen and oxygen atoms in total. The van der Waals surface area contributed by atoms with Crippen LogP contribution in [0.4, 0.5) is 6.01 Å². The Morgan fingerprint density at radius 2 is 2.11 bits per heavy atom. The maximum Gasteiger partial charge on any atom is 0.316 e. The van der Waals surface area contributed by atoms with E-state index in [0.717, 1.165) is 42.5 Å². The predicted octanol–water partition coefficient (Wildman–Crippen LogP) is 2.82. The summed E-state index contributed by atoms with van der Waals surface area (Å²) in [5, 5.41) is 12.1. The average Bonchev–Trinajstić information content (AvgIpc) is 3.10. The molecule has 1 atom stereocenters. The van der Waals surface area contributed by atoms with Gasteiger partial charge in [-0.2, -0.15) is 0 Å². The number of hydrogen-bond acceptors (Lipinski definition) is 6. The van der Waals surface area contributed by atoms with E-state index in [2.05, 4.69) is 25.5 Å². The van der Waals surface area contributed by atoms with Crippen molar-refractivity contribution < 1.29 is 9.21 Å². The number of nitrogens with zero attached hydrogens (tertiary/aromatic N) is 4. The van der Waals surface area contributed by atoms with Crippen molar-refractivity contribution in [2.45, 2.75) is 38.6 Å². The molecule has 4 heterocycles. The molecule has 0 bridgehead atoms. The molecule has 5 rings (SSSR count). The van der Waals surface area contributed by atoms with Crippen LogP contribution >= 0.6 is 0 Å². The molecule has 1 amide bonds. The third-order valence-corrected chi connectivity index (χ3v) is 5.88. The Bertz CT molecular complexity index is 946. The monoisotopic (exact) mass is 366 g/mol. The number of hydrogen-bond donors (Lipinski definition) is 2. The van der Waals surface area contributed by atoms with E-state index in [4.69, 9.17) is 4.42 Å². The highest BCUT2D eigenvalue weighted by atomic mass is 16.4. The van der Waals surface area contributed by atoms with Crippen LogP contribution in [-0.4, -0.2) is 50.1 Å². The number of H-pyrrole nitrogens is 1. The molecule has 2 N–H and O–H groups in total. The lowest BCUT2D eigenvalue weighted by Crippen LogP contribution is -2.45. The van der Waals surface area contributed by atoms with Crippen LogP contribution in [0.1, 0.15) is 32.6 Å². The zero-order valence-electron chi connectivity index (χ0n) is 15.2. The second kappa shape index (κ2) is 6.07. The lowest BCUT2D eigenvalue weighted by atomic mass is 9.93. The normalized spacial score (nSPS) is 19.4. The van der Waals surface area contributed by atoms with Gasteiger partial charge in [-0.15, -0.1) is 5.10 Å². The molecule has 3 aromatic heterocycles. The van der Waals surface area contributed by atoms with E-state index in [-0.39, 0.29) is 11.9 Å². The maximum absolute atomic E-state index is 12.7. The Morgan fingerprint density at radius 3 is 2.85 bits per heavy atom. The number of likely N-dealkylation sites (tertiary alicyclic amines) is 1. The standard InChI is InChI=1S/C19H22N6O2/c1-12(17(26)25-8-5-19(3-4-19)6-9-25)21-18-24-23-16(27-18)15-10-13-11-20-7-2-14(13)22-15/h2,7,10-12,22H,3-6,8-9H2,1H3,(H,21,24)/t12-/m1/s1. The maximum atomic E-state index is 12.7. The molecule has 3 aromatic rings. The molecule has 0 unspecified atom stereocenters. The lowest BCUT2D eigenvalue weighted by molar-refractivity contribution is -0.133. The molecule has 0 radical (unpaired) electrons. The van der Waals surface area contributed by atoms with Crippen molar-refractivity contribution in [3.05, 3.63) is 24.5 Å². The number of carbonyl (C=O) groups excluding carboxylic acids is 1. The van der Waals surface area contributed by atoms with Gasteiger partial charge in [0.15, 0.2) is 0 Å². The summed E-state index contributed by atoms with van der Waals surface area (Å²) in [6, 6.07) is 3.64. The Kier molecular flexibility index (Phi) is 3.66. The highest BCUT2D eigenvalue weighted by Crippen LogP contribution is 2.53. The molecule has 1 spiro atoms. The largest absolute Gasteiger partial charge is 0.402 e. The van der Waals surface area contributed by atoms with Crippen molar-refractivity contribution in [2.24, 2.45) is 5.41 Å². The number of anilines is 1. The Labute approximate surface area is 156 Å². The van der Waals surface area contributed by atoms with Crippen molar-refractivity contribution >= 4 is 22.8 Å². The highest BCUT2D eigenvalue weighted by molar-refractivity contribution is 5.84. The molecular weight excluding hydrogens is 344 g/mol. The number of amides is 1. The number of carbonyl (C=O) groups is 1. The van der Waals surface area contributed by atoms with E-state index in [9.17, 15) is 4.79 Å². The Hall–Kier alpha value is -2.90. The van der Waals surface area contributed by atoms with E-state index in [1.165, 1.54) is 12.8 Å². The van der Waals surface area contributed by atoms with Gasteiger partial charge in [0, 0.05) is 36.4 Å². The van der Waals surface area contributed by atoms with Crippen molar-refractivity contribution in [2.75, 3.05) is 18.4 Å². The van der Waals surface area contributed by atoms with E-state index in [1.807, 2.05) is 24.0 Å². The summed E-state index contributed by atoms with van der Waals surface area (Å²) in [4.78, 5) is 22.0. The number of pyridine rings is 1. The van der Waals surface area contributed by atoms with Crippen molar-refractivity contribution in [3.8, 4) is 11.6 Å². The molecular formula is C19H22N6O2. The molecule has 1 aliphatic carbocycles. The van der Waals surface area contributed by atoms with E-state index in [1.54, 1.807) is 12.4 Å². The topological polar surface area (TPSA) is 99.9 Å². The number of aromatic amines is 1. The van der Waals surface area contributed by atoms with E-state index in [0.29, 0.717) is 11.3 Å². The van der Waals surface area contributed by atoms with Gasteiger partial charge in [-0.05, 0) is 50.2 Å². The third kappa shape index (κ3) is 3.05. The van der Waals surface area contributed by atoms with Crippen LogP contribution in [0, 0.1) is 5.41 Å². The quantitative estimate of drug-likeness (QED) is 0.736. The van der Waals surface area contributed by atoms with Gasteiger partial charge in [-0.25, -0.2) is 0 Å². The van der Waals surface area contributed by atoms with Crippen LogP contribution < -0.4 is 5.32 Å². The van der Waals surface area contributed by atoms with Gasteiger partial charge in [-0.1, -0.05) is 5.10 Å². The highest BCUT2D eigenvalue weighted by Gasteiger charge is 2.45. The fraction of sp³-hybridized carbons (Fsp3) is 0.474. The zero-order chi connectivity index (χ0) is 18.4. The van der Waals surface area contributed by atoms with Crippen LogP contribution in [0.25, 0.3) is 22.5 Å². The Morgan fingerprint density at radius 1 is 1.30 bits per heavy atom. The van der Waals surface area contributed by atoms with E-state index < -0.39 is 6.04 Å². The van der Waals surface area contributed by atoms with Crippen molar-refractivity contribution in [1.82, 2.24) is 25.1 Å². The van der Waals surface area contributed by atoms with Gasteiger partial charge in [-0.3, -0.25) is 9.78 Å². The van der Waals surface area contributed by atoms with Crippen LogP contribution in [-0.2, 0) is 4.79 Å². The fourth-order valence-corrected chi connectivity index (χ4v) is 3.88. The van der Waals surface area contributed by atoms with Gasteiger partial charge in [0.1, 0.15) is 11.7 Å². The first-order valence-corrected chi connectivity index (χ1v) is 9.44. The predicted molar refractivity (Wildman–Crippen MR) is 100.0 cm³/mol. The summed E-state index contributed by atoms with van der Waals surface area (Å²) in [7, 11) is 0. The van der Waals surface area contributed by atoms with Gasteiger partial charge in [0.2, 0.25) is 5.91 Å². The van der Waals surface area contributed by atoms with E-state index >= 15 is 0 Å². The zero-order valence-corrected chi connectivity index (χ0v) is 15.2. The van der Waals surface area contributed by atoms with Crippen molar-refractivity contribution in [3.63, 3.8) is 0 Å². The first-order chi connectivity index (χ1) is 13.1. The Balaban J connectivity index is 1.25. The number of piperidine rings is 1. The van der Waals surface area contributed by atoms with Gasteiger partial charge in [0.05, 0.1) is 0 Å². The minimum atomic E-state index is -0.404. The minimum Gasteiger partial charge on any atom is -0.402 e. The van der Waals surface area contributed by atoms with Gasteiger partial charge < -0.3 is 19.6 Å². The molecule has 27 heavy (non-hydrogen) atoms. The lowest BCUT2D eigenvalue weighted by Gasteiger charge is -2.33. The molecule has 8 heteroatoms. The summed E-state index contributed by atoms with van der Waals surface area (Å²) in [5.74, 6) is 0.462. The van der Waals surface area contributed by atoms with Crippen LogP contribution in [0.3, 0.4) is 0 Å². The number of fused-ring (bicyclic) bond motifs is 1. The molecule has 1 aliphatic heterocycles. The average molecular weight is 366 g/mol. The fourth-order valence-electron chi connectivity index (χ4n) is 3.88. The minimum absolute atomic E-state index is 0.0851. The number of rotatable bonds is 4. The first-order valence-electron chi connectivity index (χ1n) is 9.44. The summed E-state index contributed by atoms with van der Waals surface area (Å²) in [5.41, 5.74) is 2.24. The van der Waals surface area contributed by atoms with Gasteiger partial charge in [0.25, 0.3) is 5.89 Å². The van der Waals surface area contributed by atoms with Crippen LogP contribution in [0.15, 0.2) is 28.9 Å². The smallest absolute Gasteiger partial charge is 0.316 e. The molecule has 1 saturated heterocycles. The summed E-state index contributed by atoms with van der Waals surface area (Å²) in [6.45, 7) is 3.54. The molecule has 0 aromatic carbocycles. The molecule has 140 valence electrons. The van der Waals surface area contributed by atoms with Gasteiger partial charge >= 0.3 is 6.01 Å². The molecule has 1 saturated carbocycles. The summed E-state index contributed by atoms with van der Waals surface area (Å²) < 4.78 is 5.69. The second-order valence-corrected chi connectivity index (χ2v) is 7.75. The number of nitrogens with one attached hydrogen (secondary N) is 2. The van der Waals surface area contributed by atoms with Crippen LogP contribution in [0.5, 0.6) is 0 Å². The molecule has 2 aliphatic rings. The summed E-state index contributed by atoms with van der Waals surface area (Å²) in [6.07, 6.45) is 8.42. The number of aromatic nitrogens is 4. The summed E-state index contributed by atoms with van der Waals surface area (Å²) >= 11 is 0. The molecule has 2 fully saturated rings. The SMILES string of the molecule is C[C@@H](Nc1nnc(-c2cc3cnccc3[nH]2)o1)C(=O)N1CCC2(CC1)CC2.